The third-order valence-corrected chi connectivity index (χ3v) is 2.60. The molecule has 0 spiro atoms. The van der Waals surface area contributed by atoms with Gasteiger partial charge in [-0.25, -0.2) is 9.37 Å². The third kappa shape index (κ3) is 2.31. The van der Waals surface area contributed by atoms with Gasteiger partial charge in [0, 0.05) is 0 Å². The second-order valence-electron chi connectivity index (χ2n) is 2.65. The van der Waals surface area contributed by atoms with E-state index in [1.807, 2.05) is 26.8 Å². The summed E-state index contributed by atoms with van der Waals surface area (Å²) in [4.78, 5) is 4.02. The maximum Gasteiger partial charge on any atom is 0.151 e. The highest BCUT2D eigenvalue weighted by Crippen LogP contribution is 2.24. The molecule has 0 bridgehead atoms. The topological polar surface area (TPSA) is 36.7 Å². The summed E-state index contributed by atoms with van der Waals surface area (Å²) in [5.41, 5.74) is 0.704. The van der Waals surface area contributed by atoms with Gasteiger partial charge >= 0.3 is 0 Å². The first-order valence-corrected chi connectivity index (χ1v) is 5.49. The number of fused-ring (bicyclic) bond motifs is 1. The molecular formula is C11H11FN2S. The van der Waals surface area contributed by atoms with E-state index < -0.39 is 5.82 Å². The minimum Gasteiger partial charge on any atom is -0.238 e. The molecule has 2 rings (SSSR count). The Hall–Kier alpha value is -1.47. The van der Waals surface area contributed by atoms with Crippen molar-refractivity contribution >= 4 is 21.6 Å². The molecule has 1 aromatic carbocycles. The van der Waals surface area contributed by atoms with Crippen LogP contribution in [0, 0.1) is 24.1 Å². The molecule has 1 aromatic heterocycles. The van der Waals surface area contributed by atoms with E-state index in [-0.39, 0.29) is 0 Å². The van der Waals surface area contributed by atoms with Crippen molar-refractivity contribution < 1.29 is 4.39 Å². The SMILES string of the molecule is CC.Cc1nc2c(F)cc(C#N)cc2s1. The number of aromatic nitrogens is 1. The maximum absolute atomic E-state index is 13.2. The number of thiazole rings is 1. The lowest BCUT2D eigenvalue weighted by Gasteiger charge is -1.90. The van der Waals surface area contributed by atoms with Crippen molar-refractivity contribution in [3.63, 3.8) is 0 Å². The molecule has 0 aliphatic heterocycles. The molecule has 0 N–H and O–H groups in total. The van der Waals surface area contributed by atoms with Crippen molar-refractivity contribution in [2.75, 3.05) is 0 Å². The summed E-state index contributed by atoms with van der Waals surface area (Å²) in [6, 6.07) is 4.77. The van der Waals surface area contributed by atoms with Crippen LogP contribution in [0.25, 0.3) is 10.2 Å². The predicted octanol–water partition coefficient (Wildman–Crippen LogP) is 3.64. The van der Waals surface area contributed by atoms with Crippen molar-refractivity contribution in [2.24, 2.45) is 0 Å². The molecule has 0 saturated heterocycles. The van der Waals surface area contributed by atoms with Gasteiger partial charge in [-0.1, -0.05) is 13.8 Å². The first-order valence-electron chi connectivity index (χ1n) is 4.67. The van der Waals surface area contributed by atoms with Crippen LogP contribution in [0.3, 0.4) is 0 Å². The second-order valence-corrected chi connectivity index (χ2v) is 3.88. The van der Waals surface area contributed by atoms with E-state index in [2.05, 4.69) is 4.98 Å². The maximum atomic E-state index is 13.2. The smallest absolute Gasteiger partial charge is 0.151 e. The van der Waals surface area contributed by atoms with Crippen molar-refractivity contribution in [1.29, 1.82) is 5.26 Å². The average molecular weight is 222 g/mol. The van der Waals surface area contributed by atoms with E-state index in [1.165, 1.54) is 17.4 Å². The quantitative estimate of drug-likeness (QED) is 0.682. The van der Waals surface area contributed by atoms with Gasteiger partial charge in [0.05, 0.1) is 21.3 Å². The molecule has 2 aromatic rings. The number of rotatable bonds is 0. The highest BCUT2D eigenvalue weighted by Gasteiger charge is 2.07. The number of halogens is 1. The first-order chi connectivity index (χ1) is 7.20. The monoisotopic (exact) mass is 222 g/mol. The van der Waals surface area contributed by atoms with Crippen LogP contribution in [0.2, 0.25) is 0 Å². The zero-order valence-corrected chi connectivity index (χ0v) is 9.65. The fraction of sp³-hybridized carbons (Fsp3) is 0.273. The number of nitrogens with zero attached hydrogens (tertiary/aromatic N) is 2. The van der Waals surface area contributed by atoms with Crippen molar-refractivity contribution in [1.82, 2.24) is 4.98 Å². The highest BCUT2D eigenvalue weighted by atomic mass is 32.1. The Balaban J connectivity index is 0.000000531. The van der Waals surface area contributed by atoms with E-state index in [9.17, 15) is 4.39 Å². The number of benzene rings is 1. The Labute approximate surface area is 92.0 Å². The van der Waals surface area contributed by atoms with Crippen molar-refractivity contribution in [3.05, 3.63) is 28.5 Å². The standard InChI is InChI=1S/C9H5FN2S.C2H6/c1-5-12-9-7(10)2-6(4-11)3-8(9)13-5;1-2/h2-3H,1H3;1-2H3. The van der Waals surface area contributed by atoms with Gasteiger partial charge in [0.2, 0.25) is 0 Å². The van der Waals surface area contributed by atoms with E-state index in [0.29, 0.717) is 11.1 Å². The second kappa shape index (κ2) is 4.85. The van der Waals surface area contributed by atoms with Gasteiger partial charge in [-0.15, -0.1) is 11.3 Å². The van der Waals surface area contributed by atoms with E-state index in [4.69, 9.17) is 5.26 Å². The number of aryl methyl sites for hydroxylation is 1. The van der Waals surface area contributed by atoms with Gasteiger partial charge in [-0.05, 0) is 19.1 Å². The van der Waals surface area contributed by atoms with Crippen LogP contribution in [-0.4, -0.2) is 4.98 Å². The molecule has 2 nitrogen and oxygen atoms in total. The lowest BCUT2D eigenvalue weighted by atomic mass is 10.2. The number of hydrogen-bond acceptors (Lipinski definition) is 3. The van der Waals surface area contributed by atoms with E-state index in [1.54, 1.807) is 6.07 Å². The molecule has 0 unspecified atom stereocenters. The van der Waals surface area contributed by atoms with Gasteiger partial charge < -0.3 is 0 Å². The Morgan fingerprint density at radius 3 is 2.67 bits per heavy atom. The number of nitriles is 1. The fourth-order valence-corrected chi connectivity index (χ4v) is 2.04. The van der Waals surface area contributed by atoms with Crippen LogP contribution in [0.15, 0.2) is 12.1 Å². The fourth-order valence-electron chi connectivity index (χ4n) is 1.16. The zero-order valence-electron chi connectivity index (χ0n) is 8.84. The predicted molar refractivity (Wildman–Crippen MR) is 60.4 cm³/mol. The Kier molecular flexibility index (Phi) is 3.75. The molecule has 0 aliphatic carbocycles. The average Bonchev–Trinajstić information content (AvgIpc) is 2.62. The van der Waals surface area contributed by atoms with Gasteiger partial charge in [0.25, 0.3) is 0 Å². The molecule has 1 heterocycles. The molecule has 0 amide bonds. The van der Waals surface area contributed by atoms with Gasteiger partial charge in [0.1, 0.15) is 5.52 Å². The summed E-state index contributed by atoms with van der Waals surface area (Å²) in [5.74, 6) is -0.418. The summed E-state index contributed by atoms with van der Waals surface area (Å²) < 4.78 is 14.0. The normalized spacial score (nSPS) is 9.27. The summed E-state index contributed by atoms with van der Waals surface area (Å²) in [6.45, 7) is 5.82. The van der Waals surface area contributed by atoms with Crippen LogP contribution in [0.5, 0.6) is 0 Å². The minimum atomic E-state index is -0.418. The summed E-state index contributed by atoms with van der Waals surface area (Å²) in [6.07, 6.45) is 0. The molecule has 0 radical (unpaired) electrons. The molecule has 0 saturated carbocycles. The summed E-state index contributed by atoms with van der Waals surface area (Å²) in [5, 5.41) is 9.41. The molecular weight excluding hydrogens is 211 g/mol. The first kappa shape index (κ1) is 11.6. The molecule has 78 valence electrons. The van der Waals surface area contributed by atoms with Crippen LogP contribution < -0.4 is 0 Å². The lowest BCUT2D eigenvalue weighted by molar-refractivity contribution is 0.636. The van der Waals surface area contributed by atoms with E-state index >= 15 is 0 Å². The molecule has 0 fully saturated rings. The van der Waals surface area contributed by atoms with Crippen molar-refractivity contribution in [3.8, 4) is 6.07 Å². The Morgan fingerprint density at radius 2 is 2.07 bits per heavy atom. The van der Waals surface area contributed by atoms with Gasteiger partial charge in [-0.2, -0.15) is 5.26 Å². The molecule has 0 atom stereocenters. The summed E-state index contributed by atoms with van der Waals surface area (Å²) >= 11 is 1.39. The van der Waals surface area contributed by atoms with Crippen LogP contribution in [0.1, 0.15) is 24.4 Å². The Bertz CT molecular complexity index is 511. The minimum absolute atomic E-state index is 0.341. The molecule has 0 aliphatic rings. The Morgan fingerprint density at radius 1 is 1.40 bits per heavy atom. The third-order valence-electron chi connectivity index (χ3n) is 1.68. The summed E-state index contributed by atoms with van der Waals surface area (Å²) in [7, 11) is 0. The van der Waals surface area contributed by atoms with Gasteiger partial charge in [-0.3, -0.25) is 0 Å². The largest absolute Gasteiger partial charge is 0.238 e. The van der Waals surface area contributed by atoms with Crippen molar-refractivity contribution in [2.45, 2.75) is 20.8 Å². The van der Waals surface area contributed by atoms with E-state index in [0.717, 1.165) is 9.71 Å². The highest BCUT2D eigenvalue weighted by molar-refractivity contribution is 7.18. The molecule has 15 heavy (non-hydrogen) atoms. The number of hydrogen-bond donors (Lipinski definition) is 0. The van der Waals surface area contributed by atoms with Gasteiger partial charge in [0.15, 0.2) is 5.82 Å². The van der Waals surface area contributed by atoms with Crippen LogP contribution in [0.4, 0.5) is 4.39 Å². The van der Waals surface area contributed by atoms with Crippen LogP contribution >= 0.6 is 11.3 Å². The zero-order chi connectivity index (χ0) is 11.4. The molecule has 4 heteroatoms. The lowest BCUT2D eigenvalue weighted by Crippen LogP contribution is -1.80. The van der Waals surface area contributed by atoms with Crippen LogP contribution in [-0.2, 0) is 0 Å².